The third-order valence-electron chi connectivity index (χ3n) is 23.0. The summed E-state index contributed by atoms with van der Waals surface area (Å²) in [6.07, 6.45) is 0. The number of aromatic nitrogens is 1. The average Bonchev–Trinajstić information content (AvgIpc) is 1.68. The first-order valence-electron chi connectivity index (χ1n) is 41.8. The number of rotatable bonds is 11. The lowest BCUT2D eigenvalue weighted by atomic mass is 9.33. The van der Waals surface area contributed by atoms with Crippen molar-refractivity contribution >= 4 is 79.0 Å². The fourth-order valence-electron chi connectivity index (χ4n) is 18.0. The number of anilines is 6. The number of hydrogen-bond donors (Lipinski definition) is 0. The fourth-order valence-corrected chi connectivity index (χ4v) is 18.0. The molecule has 0 fully saturated rings. The Kier molecular flexibility index (Phi) is 13.5. The van der Waals surface area contributed by atoms with Crippen molar-refractivity contribution in [1.29, 1.82) is 0 Å². The first kappa shape index (κ1) is 57.3. The van der Waals surface area contributed by atoms with Crippen LogP contribution in [0.3, 0.4) is 0 Å². The third kappa shape index (κ3) is 10.5. The van der Waals surface area contributed by atoms with Gasteiger partial charge in [0.1, 0.15) is 0 Å². The average molecular weight is 1400 g/mol. The van der Waals surface area contributed by atoms with Gasteiger partial charge in [-0.15, -0.1) is 0 Å². The van der Waals surface area contributed by atoms with E-state index in [4.69, 9.17) is 0 Å². The molecule has 518 valence electrons. The Morgan fingerprint density at radius 2 is 0.716 bits per heavy atom. The van der Waals surface area contributed by atoms with Gasteiger partial charge in [0.2, 0.25) is 0 Å². The van der Waals surface area contributed by atoms with E-state index in [0.29, 0.717) is 5.69 Å². The lowest BCUT2D eigenvalue weighted by Gasteiger charge is -2.46. The normalized spacial score (nSPS) is 14.3. The van der Waals surface area contributed by atoms with Gasteiger partial charge < -0.3 is 14.4 Å². The zero-order valence-electron chi connectivity index (χ0n) is 69.6. The zero-order chi connectivity index (χ0) is 80.2. The highest BCUT2D eigenvalue weighted by Crippen LogP contribution is 2.60. The highest BCUT2D eigenvalue weighted by molar-refractivity contribution is 7.00. The predicted molar refractivity (Wildman–Crippen MR) is 462 cm³/mol. The predicted octanol–water partition coefficient (Wildman–Crippen LogP) is 25.8. The smallest absolute Gasteiger partial charge is 0.252 e. The zero-order valence-corrected chi connectivity index (χ0v) is 61.6. The van der Waals surface area contributed by atoms with E-state index in [-0.39, 0.29) is 32.6 Å². The van der Waals surface area contributed by atoms with Gasteiger partial charge in [0.05, 0.1) is 44.5 Å². The molecule has 3 heterocycles. The molecule has 0 N–H and O–H groups in total. The van der Waals surface area contributed by atoms with Gasteiger partial charge in [-0.05, 0) is 153 Å². The van der Waals surface area contributed by atoms with Gasteiger partial charge in [-0.25, -0.2) is 0 Å². The van der Waals surface area contributed by atoms with Crippen molar-refractivity contribution in [3.63, 3.8) is 0 Å². The second-order valence-corrected chi connectivity index (χ2v) is 31.3. The Morgan fingerprint density at radius 1 is 0.303 bits per heavy atom. The van der Waals surface area contributed by atoms with Crippen molar-refractivity contribution < 1.29 is 11.0 Å². The number of benzene rings is 16. The molecule has 1 aliphatic carbocycles. The summed E-state index contributed by atoms with van der Waals surface area (Å²) in [7, 11) is 0. The van der Waals surface area contributed by atoms with Gasteiger partial charge in [0, 0.05) is 55.8 Å². The monoisotopic (exact) mass is 1400 g/mol. The van der Waals surface area contributed by atoms with Crippen LogP contribution in [0.5, 0.6) is 0 Å². The van der Waals surface area contributed by atoms with E-state index in [1.807, 2.05) is 12.1 Å². The summed E-state index contributed by atoms with van der Waals surface area (Å²) >= 11 is 0. The molecule has 0 bridgehead atoms. The van der Waals surface area contributed by atoms with Crippen LogP contribution in [0, 0.1) is 0 Å². The number of nitrogens with zero attached hydrogens (tertiary/aromatic N) is 3. The minimum absolute atomic E-state index is 0.0137. The molecule has 1 aromatic heterocycles. The van der Waals surface area contributed by atoms with E-state index in [0.717, 1.165) is 145 Å². The molecule has 20 rings (SSSR count). The molecule has 0 spiro atoms. The number of para-hydroxylation sites is 4. The summed E-state index contributed by atoms with van der Waals surface area (Å²) in [5.41, 5.74) is 28.3. The molecule has 2 aliphatic heterocycles. The van der Waals surface area contributed by atoms with E-state index in [2.05, 4.69) is 367 Å². The van der Waals surface area contributed by atoms with Crippen LogP contribution >= 0.6 is 0 Å². The van der Waals surface area contributed by atoms with Crippen LogP contribution in [0.1, 0.15) is 85.9 Å². The number of fused-ring (bicyclic) bond motifs is 10. The second-order valence-electron chi connectivity index (χ2n) is 31.3. The van der Waals surface area contributed by atoms with Crippen LogP contribution in [0.15, 0.2) is 376 Å². The van der Waals surface area contributed by atoms with Crippen LogP contribution in [-0.4, -0.2) is 11.3 Å². The Labute approximate surface area is 651 Å². The Balaban J connectivity index is 1.01. The summed E-state index contributed by atoms with van der Waals surface area (Å²) in [6, 6.07) is 115. The van der Waals surface area contributed by atoms with Crippen molar-refractivity contribution in [3.05, 3.63) is 409 Å². The van der Waals surface area contributed by atoms with E-state index >= 15 is 0 Å². The maximum absolute atomic E-state index is 10.2. The van der Waals surface area contributed by atoms with Crippen molar-refractivity contribution in [3.8, 4) is 83.6 Å². The Hall–Kier alpha value is -13.0. The molecular weight excluding hydrogens is 1310 g/mol. The van der Waals surface area contributed by atoms with Crippen LogP contribution in [0.2, 0.25) is 0 Å². The van der Waals surface area contributed by atoms with Gasteiger partial charge >= 0.3 is 0 Å². The van der Waals surface area contributed by atoms with Crippen LogP contribution in [0.25, 0.3) is 105 Å². The van der Waals surface area contributed by atoms with Crippen LogP contribution in [0.4, 0.5) is 34.1 Å². The number of hydrogen-bond acceptors (Lipinski definition) is 2. The molecule has 16 aromatic carbocycles. The van der Waals surface area contributed by atoms with Gasteiger partial charge in [-0.1, -0.05) is 381 Å². The molecule has 4 heteroatoms. The highest BCUT2D eigenvalue weighted by atomic mass is 15.2. The van der Waals surface area contributed by atoms with Gasteiger partial charge in [0.25, 0.3) is 6.71 Å². The Morgan fingerprint density at radius 3 is 1.20 bits per heavy atom. The maximum Gasteiger partial charge on any atom is 0.252 e. The molecular formula is C105H80BN3. The summed E-state index contributed by atoms with van der Waals surface area (Å²) in [5.74, 6) is 0. The van der Waals surface area contributed by atoms with Gasteiger partial charge in [0.15, 0.2) is 0 Å². The summed E-state index contributed by atoms with van der Waals surface area (Å²) < 4.78 is 79.9. The van der Waals surface area contributed by atoms with Gasteiger partial charge in [-0.2, -0.15) is 0 Å². The molecule has 0 radical (unpaired) electrons. The first-order valence-corrected chi connectivity index (χ1v) is 37.8. The standard InChI is InChI=1S/C105H80BN3/c1-103(2,3)78-62-75(63-79(66-78)104(4,5)6)73-59-61-95-92(64-73)106-91-60-58-74(81-49-31-54-89-86-46-25-28-55-90(86)105(99(81)89,76-42-21-11-22-43-76)77-44-23-12-24-45-77)65-96(91)109(102-84(71-38-17-9-18-39-71)52-33-53-85(102)72-40-19-10-20-41-72)98-68-80(107-93-56-29-26-47-87(93)88-48-27-30-57-94(88)107)67-97(100(98)106)108(95)101-82(69-34-13-7-14-35-69)50-32-51-83(101)70-36-15-8-16-37-70/h7-68H,1-6H3/i26D,27D,29D,30D,47D,48D,56D,57D. The quantitative estimate of drug-likeness (QED) is 0.120. The molecule has 0 saturated heterocycles. The molecule has 0 unspecified atom stereocenters. The minimum atomic E-state index is -0.793. The van der Waals surface area contributed by atoms with Crippen molar-refractivity contribution in [2.45, 2.75) is 57.8 Å². The fraction of sp³-hybridized carbons (Fsp3) is 0.0857. The first-order chi connectivity index (χ1) is 56.7. The largest absolute Gasteiger partial charge is 0.310 e. The molecule has 3 nitrogen and oxygen atoms in total. The Bertz CT molecular complexity index is 6670. The maximum atomic E-state index is 10.2. The molecule has 0 amide bonds. The van der Waals surface area contributed by atoms with Gasteiger partial charge in [-0.3, -0.25) is 0 Å². The van der Waals surface area contributed by atoms with E-state index in [1.165, 1.54) is 16.7 Å². The third-order valence-corrected chi connectivity index (χ3v) is 23.0. The highest BCUT2D eigenvalue weighted by Gasteiger charge is 2.50. The summed E-state index contributed by atoms with van der Waals surface area (Å²) in [5, 5.41) is -0.0275. The van der Waals surface area contributed by atoms with Crippen molar-refractivity contribution in [2.75, 3.05) is 9.80 Å². The summed E-state index contributed by atoms with van der Waals surface area (Å²) in [4.78, 5) is 4.90. The van der Waals surface area contributed by atoms with Crippen LogP contribution < -0.4 is 26.2 Å². The second kappa shape index (κ2) is 25.6. The lowest BCUT2D eigenvalue weighted by molar-refractivity contribution is 0.569. The molecule has 3 aliphatic rings. The summed E-state index contributed by atoms with van der Waals surface area (Å²) in [6.45, 7) is 13.2. The molecule has 17 aromatic rings. The molecule has 0 atom stereocenters. The SMILES string of the molecule is [2H]c1c([2H])c([2H])c2c(c1[2H])c1c([2H])c([2H])c([2H])c([2H])c1n2-c1cc2c3c(c1)N(c1c(-c4ccccc4)cccc1-c1ccccc1)c1cc(-c4cccc5c4C(c4ccccc4)(c4ccccc4)c4ccccc4-5)ccc1B3c1cc(-c3cc(C(C)(C)C)cc(C(C)(C)C)c3)ccc1N2c1c(-c2ccccc2)cccc1-c1ccccc1. The van der Waals surface area contributed by atoms with E-state index in [1.54, 1.807) is 4.57 Å². The van der Waals surface area contributed by atoms with Crippen molar-refractivity contribution in [1.82, 2.24) is 4.57 Å². The topological polar surface area (TPSA) is 11.4 Å². The molecule has 109 heavy (non-hydrogen) atoms. The minimum Gasteiger partial charge on any atom is -0.310 e. The van der Waals surface area contributed by atoms with E-state index < -0.39 is 60.5 Å². The van der Waals surface area contributed by atoms with Crippen molar-refractivity contribution in [2.24, 2.45) is 0 Å². The van der Waals surface area contributed by atoms with Crippen LogP contribution in [-0.2, 0) is 16.2 Å². The molecule has 0 saturated carbocycles. The van der Waals surface area contributed by atoms with E-state index in [9.17, 15) is 11.0 Å². The lowest BCUT2D eigenvalue weighted by Crippen LogP contribution is -2.61.